The van der Waals surface area contributed by atoms with Gasteiger partial charge in [0.05, 0.1) is 0 Å². The van der Waals surface area contributed by atoms with Gasteiger partial charge in [-0.05, 0) is 95.2 Å². The van der Waals surface area contributed by atoms with Crippen LogP contribution in [-0.4, -0.2) is 11.1 Å². The average molecular weight is 606 g/mol. The fraction of sp³-hybridized carbons (Fsp3) is 0.500. The second-order valence-electron chi connectivity index (χ2n) is 12.0. The van der Waals surface area contributed by atoms with E-state index in [0.717, 1.165) is 46.7 Å². The van der Waals surface area contributed by atoms with E-state index in [2.05, 4.69) is 84.5 Å². The van der Waals surface area contributed by atoms with Crippen LogP contribution in [0.1, 0.15) is 69.7 Å². The van der Waals surface area contributed by atoms with Crippen molar-refractivity contribution in [2.45, 2.75) is 73.1 Å². The number of halogens is 2. The van der Waals surface area contributed by atoms with Crippen LogP contribution >= 0.6 is 30.4 Å². The maximum atomic E-state index is 10.4. The van der Waals surface area contributed by atoms with Crippen molar-refractivity contribution in [2.75, 3.05) is 4.90 Å². The van der Waals surface area contributed by atoms with Crippen LogP contribution in [-0.2, 0) is 23.6 Å². The van der Waals surface area contributed by atoms with E-state index in [4.69, 9.17) is 18.6 Å². The molecule has 2 nitrogen and oxygen atoms in total. The molecule has 4 aliphatic rings. The molecule has 6 heteroatoms. The van der Waals surface area contributed by atoms with Crippen molar-refractivity contribution in [2.24, 2.45) is 29.1 Å². The first-order valence-corrected chi connectivity index (χ1v) is 18.5. The Kier molecular flexibility index (Phi) is 10.8. The number of amidine groups is 1. The molecule has 0 spiro atoms. The second-order valence-corrected chi connectivity index (χ2v) is 15.9. The summed E-state index contributed by atoms with van der Waals surface area (Å²) in [6.07, 6.45) is 2.73. The standard InChI is InChI=1S/C16H15N2.C15H24S.CH3.2ClH.Ti/c1-11-6-5-7-12(2)15(11)18-10-13-8-3-4-9-14(13)16(18)17;1-8-9(2)13-11-6-15(4,5)7-12(11)16-14(13)10(8)3;;;;/h3-9H,10H2,1-2H3;8-10,13-14H,6-7H2,1-5H3;1H3;2*1H;/q-1;;-1;;;+2/p-2. The molecule has 0 aromatic heterocycles. The molecule has 2 aromatic carbocycles. The Balaban J connectivity index is 0.000000188. The van der Waals surface area contributed by atoms with E-state index in [1.165, 1.54) is 29.5 Å². The van der Waals surface area contributed by atoms with Crippen molar-refractivity contribution in [3.05, 3.63) is 88.0 Å². The van der Waals surface area contributed by atoms with Crippen molar-refractivity contribution in [3.63, 3.8) is 0 Å². The van der Waals surface area contributed by atoms with Crippen LogP contribution in [0.5, 0.6) is 0 Å². The first-order chi connectivity index (χ1) is 17.5. The van der Waals surface area contributed by atoms with Crippen molar-refractivity contribution in [3.8, 4) is 0 Å². The van der Waals surface area contributed by atoms with Gasteiger partial charge in [0.15, 0.2) is 0 Å². The fourth-order valence-electron chi connectivity index (χ4n) is 6.92. The van der Waals surface area contributed by atoms with Gasteiger partial charge < -0.3 is 17.7 Å². The molecule has 6 rings (SSSR count). The second kappa shape index (κ2) is 12.9. The first-order valence-electron chi connectivity index (χ1n) is 13.3. The molecule has 206 valence electrons. The van der Waals surface area contributed by atoms with E-state index in [-0.39, 0.29) is 7.43 Å². The predicted octanol–water partition coefficient (Wildman–Crippen LogP) is 10.2. The summed E-state index contributed by atoms with van der Waals surface area (Å²) in [5.74, 6) is 4.03. The minimum atomic E-state index is -0.556. The first kappa shape index (κ1) is 31.8. The summed E-state index contributed by atoms with van der Waals surface area (Å²) < 4.78 is 0. The molecule has 1 saturated carbocycles. The van der Waals surface area contributed by atoms with E-state index in [1.807, 2.05) is 28.7 Å². The van der Waals surface area contributed by atoms with Crippen LogP contribution in [0.4, 0.5) is 5.69 Å². The van der Waals surface area contributed by atoms with Crippen molar-refractivity contribution in [1.29, 1.82) is 0 Å². The van der Waals surface area contributed by atoms with Gasteiger partial charge in [0.25, 0.3) is 0 Å². The van der Waals surface area contributed by atoms with Gasteiger partial charge in [-0.15, -0.1) is 11.8 Å². The fourth-order valence-corrected chi connectivity index (χ4v) is 9.10. The molecule has 0 N–H and O–H groups in total. The molecule has 2 aromatic rings. The number of hydrogen-bond acceptors (Lipinski definition) is 1. The zero-order valence-electron chi connectivity index (χ0n) is 24.1. The van der Waals surface area contributed by atoms with Gasteiger partial charge in [-0.3, -0.25) is 0 Å². The zero-order valence-corrected chi connectivity index (χ0v) is 28.0. The summed E-state index contributed by atoms with van der Waals surface area (Å²) in [6, 6.07) is 14.2. The molecular weight excluding hydrogens is 563 g/mol. The molecule has 5 unspecified atom stereocenters. The van der Waals surface area contributed by atoms with E-state index in [1.54, 1.807) is 4.91 Å². The van der Waals surface area contributed by atoms with Crippen LogP contribution in [0.2, 0.25) is 0 Å². The van der Waals surface area contributed by atoms with Crippen LogP contribution < -0.4 is 4.90 Å². The van der Waals surface area contributed by atoms with Crippen molar-refractivity contribution < 1.29 is 17.0 Å². The number of nitrogens with zero attached hydrogens (tertiary/aromatic N) is 2. The number of benzene rings is 2. The molecule has 2 aliphatic carbocycles. The van der Waals surface area contributed by atoms with E-state index in [0.29, 0.717) is 11.3 Å². The summed E-state index contributed by atoms with van der Waals surface area (Å²) in [7, 11) is 9.78. The topological polar surface area (TPSA) is 25.5 Å². The number of rotatable bonds is 1. The molecular formula is C32H42Cl2N2STi-2. The van der Waals surface area contributed by atoms with Gasteiger partial charge in [0.2, 0.25) is 0 Å². The minimum absolute atomic E-state index is 0. The summed E-state index contributed by atoms with van der Waals surface area (Å²) in [6.45, 7) is 17.2. The predicted molar refractivity (Wildman–Crippen MR) is 167 cm³/mol. The number of fused-ring (bicyclic) bond motifs is 3. The third kappa shape index (κ3) is 6.13. The average Bonchev–Trinajstić information content (AvgIpc) is 3.50. The summed E-state index contributed by atoms with van der Waals surface area (Å²) in [5, 5.41) is 11.3. The molecule has 0 radical (unpaired) electrons. The molecule has 2 heterocycles. The third-order valence-corrected chi connectivity index (χ3v) is 10.7. The van der Waals surface area contributed by atoms with Crippen LogP contribution in [0.3, 0.4) is 0 Å². The number of para-hydroxylation sites is 1. The Morgan fingerprint density at radius 3 is 2.13 bits per heavy atom. The number of allylic oxidation sites excluding steroid dienone is 2. The molecule has 0 saturated heterocycles. The third-order valence-electron chi connectivity index (χ3n) is 9.00. The van der Waals surface area contributed by atoms with Crippen LogP contribution in [0.15, 0.2) is 52.9 Å². The Hall–Kier alpha value is -0.706. The van der Waals surface area contributed by atoms with E-state index < -0.39 is 17.0 Å². The Morgan fingerprint density at radius 2 is 1.53 bits per heavy atom. The monoisotopic (exact) mass is 604 g/mol. The van der Waals surface area contributed by atoms with Gasteiger partial charge >= 0.3 is 35.6 Å². The molecule has 0 bridgehead atoms. The Morgan fingerprint density at radius 1 is 0.921 bits per heavy atom. The van der Waals surface area contributed by atoms with E-state index >= 15 is 0 Å². The van der Waals surface area contributed by atoms with Gasteiger partial charge in [0, 0.05) is 5.25 Å². The normalized spacial score (nSPS) is 27.9. The van der Waals surface area contributed by atoms with Crippen LogP contribution in [0.25, 0.3) is 5.41 Å². The quantitative estimate of drug-likeness (QED) is 0.239. The van der Waals surface area contributed by atoms with Crippen molar-refractivity contribution in [1.82, 2.24) is 0 Å². The van der Waals surface area contributed by atoms with Gasteiger partial charge in [0.1, 0.15) is 0 Å². The van der Waals surface area contributed by atoms with Gasteiger partial charge in [-0.25, -0.2) is 0 Å². The van der Waals surface area contributed by atoms with Crippen molar-refractivity contribution >= 4 is 41.9 Å². The summed E-state index contributed by atoms with van der Waals surface area (Å²) >= 11 is 1.69. The number of aryl methyl sites for hydroxylation is 2. The van der Waals surface area contributed by atoms with Gasteiger partial charge in [-0.1, -0.05) is 88.5 Å². The number of hydrogen-bond donors (Lipinski definition) is 0. The van der Waals surface area contributed by atoms with Crippen LogP contribution in [0, 0.1) is 50.4 Å². The summed E-state index contributed by atoms with van der Waals surface area (Å²) in [4.78, 5) is 3.78. The number of anilines is 1. The molecule has 5 atom stereocenters. The SMILES string of the molecule is CC1C(C)C2SC3=C(CC(C)(C)C3)C2C1C.Cc1cccc(C)c1N1Cc2ccccc2C1=[N-].[CH3-].[Cl][Ti][Cl]. The Labute approximate surface area is 252 Å². The van der Waals surface area contributed by atoms with Gasteiger partial charge in [-0.2, -0.15) is 0 Å². The maximum absolute atomic E-state index is 10.4. The summed E-state index contributed by atoms with van der Waals surface area (Å²) in [5.41, 5.74) is 8.04. The number of thioether (sulfide) groups is 1. The molecule has 1 fully saturated rings. The molecule has 0 amide bonds. The van der Waals surface area contributed by atoms with E-state index in [9.17, 15) is 5.41 Å². The molecule has 2 aliphatic heterocycles. The zero-order chi connectivity index (χ0) is 27.1. The molecule has 38 heavy (non-hydrogen) atoms. The Bertz CT molecular complexity index is 1170.